The highest BCUT2D eigenvalue weighted by atomic mass is 16.6. The van der Waals surface area contributed by atoms with E-state index in [1.54, 1.807) is 6.21 Å². The van der Waals surface area contributed by atoms with Crippen molar-refractivity contribution in [2.75, 3.05) is 6.61 Å². The summed E-state index contributed by atoms with van der Waals surface area (Å²) in [6, 6.07) is 4.27. The Labute approximate surface area is 144 Å². The molecule has 0 atom stereocenters. The lowest BCUT2D eigenvalue weighted by atomic mass is 9.73. The topological polar surface area (TPSA) is 55.7 Å². The molecule has 0 heterocycles. The fourth-order valence-electron chi connectivity index (χ4n) is 3.80. The Morgan fingerprint density at radius 2 is 1.71 bits per heavy atom. The minimum Gasteiger partial charge on any atom is -0.396 e. The van der Waals surface area contributed by atoms with Crippen molar-refractivity contribution in [3.63, 3.8) is 0 Å². The molecule has 1 saturated carbocycles. The first kappa shape index (κ1) is 18.4. The van der Waals surface area contributed by atoms with Gasteiger partial charge in [-0.2, -0.15) is 0 Å². The maximum atomic E-state index is 12.5. The molecule has 0 aromatic heterocycles. The van der Waals surface area contributed by atoms with Crippen molar-refractivity contribution >= 4 is 17.8 Å². The van der Waals surface area contributed by atoms with Crippen LogP contribution in [0.4, 0.5) is 0 Å². The zero-order chi connectivity index (χ0) is 17.7. The van der Waals surface area contributed by atoms with E-state index in [1.165, 1.54) is 22.3 Å². The maximum absolute atomic E-state index is 12.5. The van der Waals surface area contributed by atoms with E-state index in [0.717, 1.165) is 0 Å². The summed E-state index contributed by atoms with van der Waals surface area (Å²) in [4.78, 5) is 29.9. The molecule has 0 saturated heterocycles. The lowest BCUT2D eigenvalue weighted by Crippen LogP contribution is -2.33. The first-order valence-electron chi connectivity index (χ1n) is 8.71. The van der Waals surface area contributed by atoms with E-state index in [-0.39, 0.29) is 17.5 Å². The van der Waals surface area contributed by atoms with Gasteiger partial charge in [0.25, 0.3) is 0 Å². The predicted octanol–water partition coefficient (Wildman–Crippen LogP) is 4.05. The summed E-state index contributed by atoms with van der Waals surface area (Å²) >= 11 is 0. The molecule has 1 fully saturated rings. The highest BCUT2D eigenvalue weighted by molar-refractivity contribution is 6.05. The standard InChI is InChI=1S/C20H27NO3/c1-5-24-21-8-6-7-17-18(22)11-16(12-19(17)23)20-14(3)9-13(2)10-15(20)4/h8-10,16-17H,5-7,11-12H2,1-4H3. The molecule has 1 aliphatic carbocycles. The summed E-state index contributed by atoms with van der Waals surface area (Å²) in [6.45, 7) is 8.59. The number of carbonyl (C=O) groups is 2. The Bertz CT molecular complexity index is 607. The summed E-state index contributed by atoms with van der Waals surface area (Å²) in [6.07, 6.45) is 3.69. The normalized spacial score (nSPS) is 21.5. The summed E-state index contributed by atoms with van der Waals surface area (Å²) in [5.74, 6) is -0.305. The van der Waals surface area contributed by atoms with Crippen molar-refractivity contribution in [1.29, 1.82) is 0 Å². The number of aryl methyl sites for hydroxylation is 3. The van der Waals surface area contributed by atoms with Gasteiger partial charge in [0.2, 0.25) is 0 Å². The molecule has 0 bridgehead atoms. The van der Waals surface area contributed by atoms with Gasteiger partial charge in [0, 0.05) is 19.1 Å². The zero-order valence-corrected chi connectivity index (χ0v) is 15.1. The van der Waals surface area contributed by atoms with E-state index in [1.807, 2.05) is 6.92 Å². The van der Waals surface area contributed by atoms with Crippen LogP contribution in [0.2, 0.25) is 0 Å². The van der Waals surface area contributed by atoms with Gasteiger partial charge in [-0.15, -0.1) is 0 Å². The van der Waals surface area contributed by atoms with Crippen molar-refractivity contribution in [1.82, 2.24) is 0 Å². The molecule has 0 radical (unpaired) electrons. The predicted molar refractivity (Wildman–Crippen MR) is 95.5 cm³/mol. The minimum absolute atomic E-state index is 0.0268. The van der Waals surface area contributed by atoms with E-state index < -0.39 is 5.92 Å². The Morgan fingerprint density at radius 1 is 1.12 bits per heavy atom. The molecular formula is C20H27NO3. The third-order valence-corrected chi connectivity index (χ3v) is 4.68. The lowest BCUT2D eigenvalue weighted by molar-refractivity contribution is -0.136. The lowest BCUT2D eigenvalue weighted by Gasteiger charge is -2.28. The van der Waals surface area contributed by atoms with Crippen molar-refractivity contribution in [3.05, 3.63) is 34.4 Å². The highest BCUT2D eigenvalue weighted by Gasteiger charge is 2.36. The van der Waals surface area contributed by atoms with Crippen LogP contribution in [-0.2, 0) is 14.4 Å². The van der Waals surface area contributed by atoms with Gasteiger partial charge in [0.05, 0.1) is 5.92 Å². The van der Waals surface area contributed by atoms with Crippen LogP contribution in [0.5, 0.6) is 0 Å². The number of Topliss-reactive ketones (excluding diaryl/α,β-unsaturated/α-hetero) is 2. The number of nitrogens with zero attached hydrogens (tertiary/aromatic N) is 1. The number of rotatable bonds is 6. The summed E-state index contributed by atoms with van der Waals surface area (Å²) in [5.41, 5.74) is 4.76. The van der Waals surface area contributed by atoms with Crippen LogP contribution in [0.3, 0.4) is 0 Å². The Morgan fingerprint density at radius 3 is 2.25 bits per heavy atom. The molecule has 0 aliphatic heterocycles. The number of benzene rings is 1. The minimum atomic E-state index is -0.472. The van der Waals surface area contributed by atoms with Crippen molar-refractivity contribution in [3.8, 4) is 0 Å². The fraction of sp³-hybridized carbons (Fsp3) is 0.550. The Hall–Kier alpha value is -1.97. The van der Waals surface area contributed by atoms with Gasteiger partial charge < -0.3 is 4.84 Å². The smallest absolute Gasteiger partial charge is 0.143 e. The number of ketones is 2. The molecule has 130 valence electrons. The quantitative estimate of drug-likeness (QED) is 0.449. The van der Waals surface area contributed by atoms with Crippen LogP contribution >= 0.6 is 0 Å². The second-order valence-electron chi connectivity index (χ2n) is 6.69. The Balaban J connectivity index is 2.06. The van der Waals surface area contributed by atoms with Crippen LogP contribution in [0.1, 0.15) is 60.8 Å². The highest BCUT2D eigenvalue weighted by Crippen LogP contribution is 2.36. The molecule has 24 heavy (non-hydrogen) atoms. The average Bonchev–Trinajstić information content (AvgIpc) is 2.48. The third kappa shape index (κ3) is 4.31. The average molecular weight is 329 g/mol. The molecule has 0 N–H and O–H groups in total. The Kier molecular flexibility index (Phi) is 6.29. The van der Waals surface area contributed by atoms with Crippen LogP contribution in [0.25, 0.3) is 0 Å². The molecule has 1 aliphatic rings. The van der Waals surface area contributed by atoms with Crippen LogP contribution in [0, 0.1) is 26.7 Å². The molecule has 4 nitrogen and oxygen atoms in total. The van der Waals surface area contributed by atoms with Gasteiger partial charge in [-0.3, -0.25) is 9.59 Å². The monoisotopic (exact) mass is 329 g/mol. The van der Waals surface area contributed by atoms with Gasteiger partial charge >= 0.3 is 0 Å². The van der Waals surface area contributed by atoms with E-state index in [0.29, 0.717) is 32.3 Å². The van der Waals surface area contributed by atoms with E-state index in [9.17, 15) is 9.59 Å². The van der Waals surface area contributed by atoms with Gasteiger partial charge in [-0.25, -0.2) is 0 Å². The fourth-order valence-corrected chi connectivity index (χ4v) is 3.80. The van der Waals surface area contributed by atoms with E-state index >= 15 is 0 Å². The van der Waals surface area contributed by atoms with E-state index in [4.69, 9.17) is 4.84 Å². The summed E-state index contributed by atoms with van der Waals surface area (Å²) < 4.78 is 0. The molecular weight excluding hydrogens is 302 g/mol. The maximum Gasteiger partial charge on any atom is 0.143 e. The largest absolute Gasteiger partial charge is 0.396 e. The molecule has 4 heteroatoms. The molecule has 0 spiro atoms. The van der Waals surface area contributed by atoms with Gasteiger partial charge in [-0.1, -0.05) is 22.9 Å². The second kappa shape index (κ2) is 8.22. The van der Waals surface area contributed by atoms with Crippen LogP contribution < -0.4 is 0 Å². The van der Waals surface area contributed by atoms with Crippen LogP contribution in [0.15, 0.2) is 17.3 Å². The van der Waals surface area contributed by atoms with Crippen molar-refractivity contribution in [2.45, 2.75) is 59.3 Å². The first-order chi connectivity index (χ1) is 11.4. The summed E-state index contributed by atoms with van der Waals surface area (Å²) in [5, 5.41) is 3.77. The van der Waals surface area contributed by atoms with Gasteiger partial charge in [-0.05, 0) is 63.1 Å². The molecule has 0 unspecified atom stereocenters. The number of hydrogen-bond acceptors (Lipinski definition) is 4. The molecule has 1 aromatic carbocycles. The second-order valence-corrected chi connectivity index (χ2v) is 6.69. The number of hydrogen-bond donors (Lipinski definition) is 0. The van der Waals surface area contributed by atoms with Gasteiger partial charge in [0.1, 0.15) is 18.2 Å². The van der Waals surface area contributed by atoms with Gasteiger partial charge in [0.15, 0.2) is 0 Å². The number of carbonyl (C=O) groups excluding carboxylic acids is 2. The van der Waals surface area contributed by atoms with E-state index in [2.05, 4.69) is 38.1 Å². The van der Waals surface area contributed by atoms with Crippen LogP contribution in [-0.4, -0.2) is 24.4 Å². The SMILES string of the molecule is CCON=CCCC1C(=O)CC(c2c(C)cc(C)cc2C)CC1=O. The van der Waals surface area contributed by atoms with Crippen molar-refractivity contribution in [2.24, 2.45) is 11.1 Å². The zero-order valence-electron chi connectivity index (χ0n) is 15.1. The first-order valence-corrected chi connectivity index (χ1v) is 8.71. The number of oxime groups is 1. The van der Waals surface area contributed by atoms with Crippen molar-refractivity contribution < 1.29 is 14.4 Å². The molecule has 2 rings (SSSR count). The molecule has 1 aromatic rings. The summed E-state index contributed by atoms with van der Waals surface area (Å²) in [7, 11) is 0. The third-order valence-electron chi connectivity index (χ3n) is 4.68. The molecule has 0 amide bonds.